The molecule has 1 aliphatic rings. The van der Waals surface area contributed by atoms with E-state index < -0.39 is 24.9 Å². The number of hydrogen-bond donors (Lipinski definition) is 2. The van der Waals surface area contributed by atoms with Gasteiger partial charge in [-0.3, -0.25) is 9.59 Å². The summed E-state index contributed by atoms with van der Waals surface area (Å²) < 4.78 is 57.6. The molecule has 142 valence electrons. The molecule has 2 amide bonds. The third-order valence-electron chi connectivity index (χ3n) is 3.21. The van der Waals surface area contributed by atoms with Crippen LogP contribution in [0, 0.1) is 0 Å². The summed E-state index contributed by atoms with van der Waals surface area (Å²) in [4.78, 5) is 23.1. The van der Waals surface area contributed by atoms with Gasteiger partial charge in [-0.05, 0) is 31.1 Å². The van der Waals surface area contributed by atoms with Crippen LogP contribution in [0.3, 0.4) is 0 Å². The standard InChI is InChI=1S/C16H16F4N2O4/c17-15(18)25-11-5-1-9(12(7-11)26-16(19)20)2-6-13(23)21-8-14(24)22-10-3-4-10/h1-2,5-7,10,15-16H,3-4,8H2,(H,21,23)(H,22,24)/b6-2+. The number of carbonyl (C=O) groups excluding carboxylic acids is 2. The largest absolute Gasteiger partial charge is 0.435 e. The van der Waals surface area contributed by atoms with Crippen molar-refractivity contribution in [3.8, 4) is 11.5 Å². The van der Waals surface area contributed by atoms with Crippen LogP contribution < -0.4 is 20.1 Å². The number of nitrogens with one attached hydrogen (secondary N) is 2. The molecule has 26 heavy (non-hydrogen) atoms. The molecule has 0 aromatic heterocycles. The molecular formula is C16H16F4N2O4. The SMILES string of the molecule is O=C(/C=C/c1ccc(OC(F)F)cc1OC(F)F)NCC(=O)NC1CC1. The highest BCUT2D eigenvalue weighted by atomic mass is 19.3. The van der Waals surface area contributed by atoms with Gasteiger partial charge in [-0.2, -0.15) is 17.6 Å². The van der Waals surface area contributed by atoms with Gasteiger partial charge in [-0.25, -0.2) is 0 Å². The summed E-state index contributed by atoms with van der Waals surface area (Å²) in [6, 6.07) is 3.32. The second-order valence-electron chi connectivity index (χ2n) is 5.35. The predicted molar refractivity (Wildman–Crippen MR) is 82.9 cm³/mol. The molecule has 0 radical (unpaired) electrons. The van der Waals surface area contributed by atoms with Gasteiger partial charge in [0.15, 0.2) is 0 Å². The average Bonchev–Trinajstić information content (AvgIpc) is 3.35. The van der Waals surface area contributed by atoms with Crippen LogP contribution in [-0.2, 0) is 9.59 Å². The van der Waals surface area contributed by atoms with Crippen LogP contribution in [0.5, 0.6) is 11.5 Å². The van der Waals surface area contributed by atoms with E-state index in [2.05, 4.69) is 20.1 Å². The van der Waals surface area contributed by atoms with Crippen molar-refractivity contribution in [1.82, 2.24) is 10.6 Å². The molecule has 0 saturated heterocycles. The fourth-order valence-corrected chi connectivity index (χ4v) is 1.92. The number of hydrogen-bond acceptors (Lipinski definition) is 4. The highest BCUT2D eigenvalue weighted by molar-refractivity contribution is 5.94. The minimum atomic E-state index is -3.19. The molecule has 0 unspecified atom stereocenters. The zero-order valence-electron chi connectivity index (χ0n) is 13.4. The lowest BCUT2D eigenvalue weighted by molar-refractivity contribution is -0.124. The van der Waals surface area contributed by atoms with Crippen molar-refractivity contribution in [2.75, 3.05) is 6.54 Å². The van der Waals surface area contributed by atoms with Gasteiger partial charge in [-0.1, -0.05) is 0 Å². The first-order valence-corrected chi connectivity index (χ1v) is 7.62. The Morgan fingerprint density at radius 1 is 1.15 bits per heavy atom. The van der Waals surface area contributed by atoms with E-state index in [0.29, 0.717) is 0 Å². The van der Waals surface area contributed by atoms with Gasteiger partial charge >= 0.3 is 13.2 Å². The van der Waals surface area contributed by atoms with Crippen LogP contribution in [0.2, 0.25) is 0 Å². The molecule has 1 saturated carbocycles. The molecule has 6 nitrogen and oxygen atoms in total. The Morgan fingerprint density at radius 3 is 2.46 bits per heavy atom. The van der Waals surface area contributed by atoms with E-state index in [9.17, 15) is 27.2 Å². The van der Waals surface area contributed by atoms with E-state index in [1.807, 2.05) is 0 Å². The highest BCUT2D eigenvalue weighted by Gasteiger charge is 2.23. The summed E-state index contributed by atoms with van der Waals surface area (Å²) in [5.41, 5.74) is 0.0458. The number of ether oxygens (including phenoxy) is 2. The molecule has 0 bridgehead atoms. The third kappa shape index (κ3) is 6.99. The highest BCUT2D eigenvalue weighted by Crippen LogP contribution is 2.28. The fraction of sp³-hybridized carbons (Fsp3) is 0.375. The molecule has 10 heteroatoms. The summed E-state index contributed by atoms with van der Waals surface area (Å²) in [6.07, 6.45) is 3.99. The van der Waals surface area contributed by atoms with Gasteiger partial charge in [0.05, 0.1) is 6.54 Å². The number of alkyl halides is 4. The second kappa shape index (κ2) is 9.07. The number of amides is 2. The molecule has 2 N–H and O–H groups in total. The van der Waals surface area contributed by atoms with Crippen molar-refractivity contribution >= 4 is 17.9 Å². The first-order valence-electron chi connectivity index (χ1n) is 7.62. The smallest absolute Gasteiger partial charge is 0.387 e. The second-order valence-corrected chi connectivity index (χ2v) is 5.35. The lowest BCUT2D eigenvalue weighted by Gasteiger charge is -2.11. The minimum absolute atomic E-state index is 0.0458. The van der Waals surface area contributed by atoms with E-state index in [1.54, 1.807) is 0 Å². The maximum absolute atomic E-state index is 12.5. The summed E-state index contributed by atoms with van der Waals surface area (Å²) in [7, 11) is 0. The summed E-state index contributed by atoms with van der Waals surface area (Å²) >= 11 is 0. The van der Waals surface area contributed by atoms with E-state index in [1.165, 1.54) is 6.07 Å². The van der Waals surface area contributed by atoms with Gasteiger partial charge in [0, 0.05) is 23.7 Å². The Labute approximate surface area is 146 Å². The lowest BCUT2D eigenvalue weighted by atomic mass is 10.1. The van der Waals surface area contributed by atoms with Crippen molar-refractivity contribution in [2.24, 2.45) is 0 Å². The summed E-state index contributed by atoms with van der Waals surface area (Å²) in [6.45, 7) is -6.53. The zero-order chi connectivity index (χ0) is 19.1. The molecule has 0 aliphatic heterocycles. The van der Waals surface area contributed by atoms with Gasteiger partial charge in [0.1, 0.15) is 11.5 Å². The molecule has 1 aromatic rings. The molecule has 0 heterocycles. The van der Waals surface area contributed by atoms with Gasteiger partial charge in [0.25, 0.3) is 0 Å². The maximum Gasteiger partial charge on any atom is 0.387 e. The zero-order valence-corrected chi connectivity index (χ0v) is 13.4. The third-order valence-corrected chi connectivity index (χ3v) is 3.21. The minimum Gasteiger partial charge on any atom is -0.435 e. The Bertz CT molecular complexity index is 678. The lowest BCUT2D eigenvalue weighted by Crippen LogP contribution is -2.37. The van der Waals surface area contributed by atoms with Crippen molar-refractivity contribution in [3.05, 3.63) is 29.8 Å². The Kier molecular flexibility index (Phi) is 6.81. The van der Waals surface area contributed by atoms with Gasteiger partial charge in [0.2, 0.25) is 11.8 Å². The Hall–Kier alpha value is -2.78. The number of carbonyl (C=O) groups is 2. The van der Waals surface area contributed by atoms with Crippen molar-refractivity contribution in [1.29, 1.82) is 0 Å². The topological polar surface area (TPSA) is 76.7 Å². The van der Waals surface area contributed by atoms with E-state index in [-0.39, 0.29) is 29.8 Å². The normalized spacial score (nSPS) is 13.9. The molecule has 0 spiro atoms. The summed E-state index contributed by atoms with van der Waals surface area (Å²) in [5, 5.41) is 5.01. The van der Waals surface area contributed by atoms with Crippen LogP contribution in [0.25, 0.3) is 6.08 Å². The van der Waals surface area contributed by atoms with E-state index in [0.717, 1.165) is 37.1 Å². The molecule has 1 fully saturated rings. The van der Waals surface area contributed by atoms with Crippen LogP contribution >= 0.6 is 0 Å². The average molecular weight is 376 g/mol. The van der Waals surface area contributed by atoms with Crippen molar-refractivity contribution in [2.45, 2.75) is 32.1 Å². The van der Waals surface area contributed by atoms with Crippen LogP contribution in [0.15, 0.2) is 24.3 Å². The predicted octanol–water partition coefficient (Wildman–Crippen LogP) is 2.30. The quantitative estimate of drug-likeness (QED) is 0.512. The van der Waals surface area contributed by atoms with E-state index >= 15 is 0 Å². The number of rotatable bonds is 9. The fourth-order valence-electron chi connectivity index (χ4n) is 1.92. The monoisotopic (exact) mass is 376 g/mol. The molecule has 2 rings (SSSR count). The maximum atomic E-state index is 12.5. The van der Waals surface area contributed by atoms with Crippen LogP contribution in [0.1, 0.15) is 18.4 Å². The molecule has 1 aromatic carbocycles. The van der Waals surface area contributed by atoms with E-state index in [4.69, 9.17) is 0 Å². The van der Waals surface area contributed by atoms with Crippen molar-refractivity contribution in [3.63, 3.8) is 0 Å². The van der Waals surface area contributed by atoms with Crippen LogP contribution in [-0.4, -0.2) is 37.6 Å². The summed E-state index contributed by atoms with van der Waals surface area (Å²) in [5.74, 6) is -1.76. The Morgan fingerprint density at radius 2 is 1.85 bits per heavy atom. The number of halogens is 4. The van der Waals surface area contributed by atoms with Gasteiger partial charge < -0.3 is 20.1 Å². The van der Waals surface area contributed by atoms with Crippen molar-refractivity contribution < 1.29 is 36.6 Å². The van der Waals surface area contributed by atoms with Crippen LogP contribution in [0.4, 0.5) is 17.6 Å². The first-order chi connectivity index (χ1) is 12.3. The first kappa shape index (κ1) is 19.5. The molecule has 0 atom stereocenters. The number of benzene rings is 1. The molecule has 1 aliphatic carbocycles. The Balaban J connectivity index is 1.97. The van der Waals surface area contributed by atoms with Gasteiger partial charge in [-0.15, -0.1) is 0 Å². The molecular weight excluding hydrogens is 360 g/mol.